The van der Waals surface area contributed by atoms with Crippen LogP contribution in [0.25, 0.3) is 0 Å². The Kier molecular flexibility index (Phi) is 4.84. The Balaban J connectivity index is 1.62. The van der Waals surface area contributed by atoms with Gasteiger partial charge in [0.05, 0.1) is 0 Å². The van der Waals surface area contributed by atoms with Gasteiger partial charge in [-0.3, -0.25) is 4.79 Å². The van der Waals surface area contributed by atoms with Crippen LogP contribution in [0.4, 0.5) is 0 Å². The van der Waals surface area contributed by atoms with Crippen molar-refractivity contribution in [3.8, 4) is 0 Å². The molecule has 0 bridgehead atoms. The summed E-state index contributed by atoms with van der Waals surface area (Å²) in [6.45, 7) is 3.30. The van der Waals surface area contributed by atoms with Crippen molar-refractivity contribution >= 4 is 5.91 Å². The lowest BCUT2D eigenvalue weighted by atomic mass is 9.99. The summed E-state index contributed by atoms with van der Waals surface area (Å²) in [6.07, 6.45) is 9.49. The number of nitrogens with one attached hydrogen (secondary N) is 2. The van der Waals surface area contributed by atoms with Gasteiger partial charge in [-0.2, -0.15) is 0 Å². The fourth-order valence-electron chi connectivity index (χ4n) is 3.21. The zero-order valence-corrected chi connectivity index (χ0v) is 11.0. The SMILES string of the molecule is CC(NC(=O)CCC1CCCN1)C1CCCC1. The Labute approximate surface area is 105 Å². The van der Waals surface area contributed by atoms with E-state index in [1.807, 2.05) is 0 Å². The first-order chi connectivity index (χ1) is 8.25. The van der Waals surface area contributed by atoms with Crippen molar-refractivity contribution in [2.75, 3.05) is 6.54 Å². The largest absolute Gasteiger partial charge is 0.353 e. The fraction of sp³-hybridized carbons (Fsp3) is 0.929. The smallest absolute Gasteiger partial charge is 0.220 e. The second-order valence-corrected chi connectivity index (χ2v) is 5.73. The molecule has 0 aromatic rings. The average Bonchev–Trinajstić information content (AvgIpc) is 2.99. The van der Waals surface area contributed by atoms with E-state index in [9.17, 15) is 4.79 Å². The molecule has 2 rings (SSSR count). The molecule has 1 aliphatic carbocycles. The van der Waals surface area contributed by atoms with E-state index in [2.05, 4.69) is 17.6 Å². The van der Waals surface area contributed by atoms with Crippen molar-refractivity contribution < 1.29 is 4.79 Å². The van der Waals surface area contributed by atoms with Crippen LogP contribution in [-0.2, 0) is 4.79 Å². The lowest BCUT2D eigenvalue weighted by Crippen LogP contribution is -2.37. The first-order valence-corrected chi connectivity index (χ1v) is 7.28. The van der Waals surface area contributed by atoms with Crippen molar-refractivity contribution in [3.05, 3.63) is 0 Å². The molecule has 3 nitrogen and oxygen atoms in total. The molecule has 98 valence electrons. The molecule has 1 amide bonds. The Bertz CT molecular complexity index is 243. The van der Waals surface area contributed by atoms with E-state index in [1.54, 1.807) is 0 Å². The Morgan fingerprint density at radius 1 is 1.29 bits per heavy atom. The molecule has 17 heavy (non-hydrogen) atoms. The molecule has 3 heteroatoms. The van der Waals surface area contributed by atoms with Gasteiger partial charge in [-0.25, -0.2) is 0 Å². The molecule has 1 saturated heterocycles. The molecule has 2 unspecified atom stereocenters. The van der Waals surface area contributed by atoms with Crippen LogP contribution in [0.15, 0.2) is 0 Å². The number of rotatable bonds is 5. The summed E-state index contributed by atoms with van der Waals surface area (Å²) in [6, 6.07) is 0.962. The van der Waals surface area contributed by atoms with Crippen LogP contribution < -0.4 is 10.6 Å². The highest BCUT2D eigenvalue weighted by atomic mass is 16.1. The molecule has 1 aliphatic heterocycles. The second-order valence-electron chi connectivity index (χ2n) is 5.73. The van der Waals surface area contributed by atoms with Crippen LogP contribution in [0, 0.1) is 5.92 Å². The van der Waals surface area contributed by atoms with E-state index in [0.717, 1.165) is 18.9 Å². The first kappa shape index (κ1) is 12.9. The van der Waals surface area contributed by atoms with E-state index in [4.69, 9.17) is 0 Å². The second kappa shape index (κ2) is 6.39. The third-order valence-electron chi connectivity index (χ3n) is 4.38. The average molecular weight is 238 g/mol. The van der Waals surface area contributed by atoms with Crippen molar-refractivity contribution in [2.24, 2.45) is 5.92 Å². The highest BCUT2D eigenvalue weighted by Crippen LogP contribution is 2.27. The molecule has 1 heterocycles. The molecule has 0 radical (unpaired) electrons. The monoisotopic (exact) mass is 238 g/mol. The van der Waals surface area contributed by atoms with E-state index in [1.165, 1.54) is 38.5 Å². The van der Waals surface area contributed by atoms with Gasteiger partial charge in [0.2, 0.25) is 5.91 Å². The summed E-state index contributed by atoms with van der Waals surface area (Å²) in [4.78, 5) is 11.8. The topological polar surface area (TPSA) is 41.1 Å². The summed E-state index contributed by atoms with van der Waals surface area (Å²) in [5.74, 6) is 0.974. The molecule has 0 aromatic carbocycles. The summed E-state index contributed by atoms with van der Waals surface area (Å²) in [5.41, 5.74) is 0. The molecule has 2 fully saturated rings. The first-order valence-electron chi connectivity index (χ1n) is 7.28. The van der Waals surface area contributed by atoms with Crippen LogP contribution in [0.1, 0.15) is 58.3 Å². The Morgan fingerprint density at radius 3 is 2.71 bits per heavy atom. The molecular weight excluding hydrogens is 212 g/mol. The van der Waals surface area contributed by atoms with E-state index in [-0.39, 0.29) is 5.91 Å². The van der Waals surface area contributed by atoms with Crippen LogP contribution >= 0.6 is 0 Å². The normalized spacial score (nSPS) is 27.2. The number of amides is 1. The van der Waals surface area contributed by atoms with Gasteiger partial charge in [-0.1, -0.05) is 12.8 Å². The molecule has 0 spiro atoms. The van der Waals surface area contributed by atoms with E-state index < -0.39 is 0 Å². The quantitative estimate of drug-likeness (QED) is 0.771. The van der Waals surface area contributed by atoms with Crippen molar-refractivity contribution in [1.82, 2.24) is 10.6 Å². The van der Waals surface area contributed by atoms with Crippen LogP contribution in [0.2, 0.25) is 0 Å². The summed E-state index contributed by atoms with van der Waals surface area (Å²) >= 11 is 0. The maximum Gasteiger partial charge on any atom is 0.220 e. The van der Waals surface area contributed by atoms with E-state index in [0.29, 0.717) is 18.5 Å². The van der Waals surface area contributed by atoms with Crippen molar-refractivity contribution in [2.45, 2.75) is 70.4 Å². The predicted molar refractivity (Wildman–Crippen MR) is 69.8 cm³/mol. The van der Waals surface area contributed by atoms with Crippen LogP contribution in [0.3, 0.4) is 0 Å². The Morgan fingerprint density at radius 2 is 2.06 bits per heavy atom. The third kappa shape index (κ3) is 3.98. The third-order valence-corrected chi connectivity index (χ3v) is 4.38. The summed E-state index contributed by atoms with van der Waals surface area (Å²) < 4.78 is 0. The molecule has 2 N–H and O–H groups in total. The zero-order chi connectivity index (χ0) is 12.1. The number of carbonyl (C=O) groups excluding carboxylic acids is 1. The molecule has 2 aliphatic rings. The summed E-state index contributed by atoms with van der Waals surface area (Å²) in [5, 5.41) is 6.62. The van der Waals surface area contributed by atoms with Gasteiger partial charge in [0.15, 0.2) is 0 Å². The molecular formula is C14H26N2O. The van der Waals surface area contributed by atoms with Crippen molar-refractivity contribution in [1.29, 1.82) is 0 Å². The lowest BCUT2D eigenvalue weighted by molar-refractivity contribution is -0.122. The van der Waals surface area contributed by atoms with Gasteiger partial charge < -0.3 is 10.6 Å². The maximum atomic E-state index is 11.8. The van der Waals surface area contributed by atoms with Gasteiger partial charge in [-0.05, 0) is 51.5 Å². The fourth-order valence-corrected chi connectivity index (χ4v) is 3.21. The van der Waals surface area contributed by atoms with Gasteiger partial charge in [0, 0.05) is 18.5 Å². The standard InChI is InChI=1S/C14H26N2O/c1-11(12-5-2-3-6-12)16-14(17)9-8-13-7-4-10-15-13/h11-13,15H,2-10H2,1H3,(H,16,17). The van der Waals surface area contributed by atoms with Gasteiger partial charge in [0.1, 0.15) is 0 Å². The van der Waals surface area contributed by atoms with Gasteiger partial charge >= 0.3 is 0 Å². The highest BCUT2D eigenvalue weighted by molar-refractivity contribution is 5.76. The van der Waals surface area contributed by atoms with Gasteiger partial charge in [-0.15, -0.1) is 0 Å². The number of carbonyl (C=O) groups is 1. The Hall–Kier alpha value is -0.570. The minimum atomic E-state index is 0.248. The van der Waals surface area contributed by atoms with Crippen molar-refractivity contribution in [3.63, 3.8) is 0 Å². The summed E-state index contributed by atoms with van der Waals surface area (Å²) in [7, 11) is 0. The van der Waals surface area contributed by atoms with E-state index >= 15 is 0 Å². The minimum absolute atomic E-state index is 0.248. The number of hydrogen-bond donors (Lipinski definition) is 2. The van der Waals surface area contributed by atoms with Crippen LogP contribution in [-0.4, -0.2) is 24.5 Å². The zero-order valence-electron chi connectivity index (χ0n) is 11.0. The van der Waals surface area contributed by atoms with Crippen LogP contribution in [0.5, 0.6) is 0 Å². The highest BCUT2D eigenvalue weighted by Gasteiger charge is 2.23. The maximum absolute atomic E-state index is 11.8. The number of hydrogen-bond acceptors (Lipinski definition) is 2. The lowest BCUT2D eigenvalue weighted by Gasteiger charge is -2.20. The minimum Gasteiger partial charge on any atom is -0.353 e. The molecule has 1 saturated carbocycles. The van der Waals surface area contributed by atoms with Gasteiger partial charge in [0.25, 0.3) is 0 Å². The molecule has 2 atom stereocenters. The molecule has 0 aromatic heterocycles. The predicted octanol–water partition coefficient (Wildman–Crippen LogP) is 2.21.